The fraction of sp³-hybridized carbons (Fsp3) is 0.571. The maximum absolute atomic E-state index is 13.0. The summed E-state index contributed by atoms with van der Waals surface area (Å²) in [5.41, 5.74) is 0. The molecule has 0 N–H and O–H groups in total. The van der Waals surface area contributed by atoms with Crippen LogP contribution in [0.5, 0.6) is 0 Å². The van der Waals surface area contributed by atoms with Gasteiger partial charge in [-0.3, -0.25) is 0 Å². The predicted molar refractivity (Wildman–Crippen MR) is 72.3 cm³/mol. The molecule has 3 rings (SSSR count). The van der Waals surface area contributed by atoms with Gasteiger partial charge in [0, 0.05) is 6.54 Å². The van der Waals surface area contributed by atoms with E-state index in [0.29, 0.717) is 13.2 Å². The van der Waals surface area contributed by atoms with Crippen molar-refractivity contribution in [1.82, 2.24) is 4.31 Å². The SMILES string of the molecule is O=S(=O)(c1ccc(F)cc1)N1CCO[C@H]2CCCC[C@H]21. The normalized spacial score (nSPS) is 28.1. The first kappa shape index (κ1) is 14.0. The third kappa shape index (κ3) is 2.47. The molecule has 0 spiro atoms. The summed E-state index contributed by atoms with van der Waals surface area (Å²) in [7, 11) is -3.56. The van der Waals surface area contributed by atoms with Gasteiger partial charge >= 0.3 is 0 Å². The molecule has 2 aliphatic rings. The molecule has 4 nitrogen and oxygen atoms in total. The van der Waals surface area contributed by atoms with E-state index in [0.717, 1.165) is 25.7 Å². The molecule has 110 valence electrons. The second-order valence-electron chi connectivity index (χ2n) is 5.33. The summed E-state index contributed by atoms with van der Waals surface area (Å²) in [6, 6.07) is 4.96. The monoisotopic (exact) mass is 299 g/mol. The molecule has 6 heteroatoms. The van der Waals surface area contributed by atoms with Gasteiger partial charge in [-0.25, -0.2) is 12.8 Å². The summed E-state index contributed by atoms with van der Waals surface area (Å²) in [5.74, 6) is -0.429. The number of hydrogen-bond acceptors (Lipinski definition) is 3. The Kier molecular flexibility index (Phi) is 3.79. The Labute approximate surface area is 118 Å². The Morgan fingerprint density at radius 3 is 2.60 bits per heavy atom. The van der Waals surface area contributed by atoms with E-state index >= 15 is 0 Å². The van der Waals surface area contributed by atoms with Crippen LogP contribution in [0, 0.1) is 5.82 Å². The van der Waals surface area contributed by atoms with Gasteiger partial charge in [0.25, 0.3) is 0 Å². The molecule has 2 fully saturated rings. The molecule has 0 radical (unpaired) electrons. The van der Waals surface area contributed by atoms with E-state index < -0.39 is 15.8 Å². The minimum atomic E-state index is -3.56. The first-order valence-electron chi connectivity index (χ1n) is 6.98. The highest BCUT2D eigenvalue weighted by atomic mass is 32.2. The summed E-state index contributed by atoms with van der Waals surface area (Å²) >= 11 is 0. The molecule has 1 saturated heterocycles. The van der Waals surface area contributed by atoms with E-state index in [4.69, 9.17) is 4.74 Å². The van der Waals surface area contributed by atoms with Crippen molar-refractivity contribution in [2.45, 2.75) is 42.7 Å². The molecule has 1 aliphatic carbocycles. The molecule has 0 unspecified atom stereocenters. The predicted octanol–water partition coefficient (Wildman–Crippen LogP) is 2.16. The standard InChI is InChI=1S/C14H18FNO3S/c15-11-5-7-12(8-6-11)20(17,18)16-9-10-19-14-4-2-1-3-13(14)16/h5-8,13-14H,1-4,9-10H2/t13-,14+/m1/s1. The van der Waals surface area contributed by atoms with Crippen molar-refractivity contribution in [2.24, 2.45) is 0 Å². The Bertz CT molecular complexity index is 571. The highest BCUT2D eigenvalue weighted by Crippen LogP contribution is 2.32. The van der Waals surface area contributed by atoms with Crippen LogP contribution in [0.3, 0.4) is 0 Å². The van der Waals surface area contributed by atoms with E-state index in [1.54, 1.807) is 4.31 Å². The van der Waals surface area contributed by atoms with Crippen molar-refractivity contribution in [3.05, 3.63) is 30.1 Å². The Morgan fingerprint density at radius 1 is 1.15 bits per heavy atom. The molecule has 1 saturated carbocycles. The molecular weight excluding hydrogens is 281 g/mol. The number of hydrogen-bond donors (Lipinski definition) is 0. The molecule has 0 bridgehead atoms. The van der Waals surface area contributed by atoms with Gasteiger partial charge in [0.05, 0.1) is 23.6 Å². The number of rotatable bonds is 2. The van der Waals surface area contributed by atoms with E-state index in [2.05, 4.69) is 0 Å². The molecule has 1 heterocycles. The van der Waals surface area contributed by atoms with Crippen LogP contribution in [0.15, 0.2) is 29.2 Å². The number of halogens is 1. The fourth-order valence-corrected chi connectivity index (χ4v) is 4.76. The molecule has 1 aromatic rings. The number of ether oxygens (including phenoxy) is 1. The van der Waals surface area contributed by atoms with Gasteiger partial charge in [0.15, 0.2) is 0 Å². The van der Waals surface area contributed by atoms with Crippen molar-refractivity contribution in [3.63, 3.8) is 0 Å². The Hall–Kier alpha value is -0.980. The van der Waals surface area contributed by atoms with Crippen LogP contribution in [0.2, 0.25) is 0 Å². The van der Waals surface area contributed by atoms with Crippen LogP contribution < -0.4 is 0 Å². The van der Waals surface area contributed by atoms with Crippen LogP contribution in [0.4, 0.5) is 4.39 Å². The molecule has 0 amide bonds. The highest BCUT2D eigenvalue weighted by molar-refractivity contribution is 7.89. The van der Waals surface area contributed by atoms with Crippen molar-refractivity contribution in [1.29, 1.82) is 0 Å². The zero-order valence-corrected chi connectivity index (χ0v) is 12.0. The van der Waals surface area contributed by atoms with Crippen LogP contribution >= 0.6 is 0 Å². The van der Waals surface area contributed by atoms with Crippen LogP contribution in [-0.2, 0) is 14.8 Å². The molecule has 1 aliphatic heterocycles. The number of fused-ring (bicyclic) bond motifs is 1. The number of sulfonamides is 1. The number of benzene rings is 1. The van der Waals surface area contributed by atoms with Gasteiger partial charge < -0.3 is 4.74 Å². The second-order valence-corrected chi connectivity index (χ2v) is 7.22. The lowest BCUT2D eigenvalue weighted by Gasteiger charge is -2.42. The number of morpholine rings is 1. The summed E-state index contributed by atoms with van der Waals surface area (Å²) in [4.78, 5) is 0.158. The minimum absolute atomic E-state index is 0.00715. The van der Waals surface area contributed by atoms with Gasteiger partial charge in [-0.15, -0.1) is 0 Å². The van der Waals surface area contributed by atoms with Crippen molar-refractivity contribution in [2.75, 3.05) is 13.2 Å². The number of nitrogens with zero attached hydrogens (tertiary/aromatic N) is 1. The van der Waals surface area contributed by atoms with Gasteiger partial charge in [0.2, 0.25) is 10.0 Å². The summed E-state index contributed by atoms with van der Waals surface area (Å²) in [5, 5.41) is 0. The van der Waals surface area contributed by atoms with Gasteiger partial charge in [-0.2, -0.15) is 4.31 Å². The third-order valence-corrected chi connectivity index (χ3v) is 6.04. The molecule has 0 aromatic heterocycles. The van der Waals surface area contributed by atoms with Crippen molar-refractivity contribution in [3.8, 4) is 0 Å². The van der Waals surface area contributed by atoms with Crippen LogP contribution in [-0.4, -0.2) is 38.0 Å². The van der Waals surface area contributed by atoms with Gasteiger partial charge in [-0.05, 0) is 37.1 Å². The van der Waals surface area contributed by atoms with Crippen LogP contribution in [0.1, 0.15) is 25.7 Å². The summed E-state index contributed by atoms with van der Waals surface area (Å²) in [6.45, 7) is 0.808. The summed E-state index contributed by atoms with van der Waals surface area (Å²) in [6.07, 6.45) is 3.88. The first-order chi connectivity index (χ1) is 9.59. The van der Waals surface area contributed by atoms with E-state index in [-0.39, 0.29) is 17.0 Å². The topological polar surface area (TPSA) is 46.6 Å². The van der Waals surface area contributed by atoms with Crippen molar-refractivity contribution >= 4 is 10.0 Å². The summed E-state index contributed by atoms with van der Waals surface area (Å²) < 4.78 is 45.6. The average Bonchev–Trinajstić information content (AvgIpc) is 2.47. The smallest absolute Gasteiger partial charge is 0.243 e. The average molecular weight is 299 g/mol. The lowest BCUT2D eigenvalue weighted by molar-refractivity contribution is -0.0586. The Morgan fingerprint density at radius 2 is 1.85 bits per heavy atom. The molecule has 1 aromatic carbocycles. The second kappa shape index (κ2) is 5.42. The lowest BCUT2D eigenvalue weighted by Crippen LogP contribution is -2.54. The fourth-order valence-electron chi connectivity index (χ4n) is 3.10. The first-order valence-corrected chi connectivity index (χ1v) is 8.42. The Balaban J connectivity index is 1.91. The van der Waals surface area contributed by atoms with E-state index in [9.17, 15) is 12.8 Å². The largest absolute Gasteiger partial charge is 0.375 e. The van der Waals surface area contributed by atoms with E-state index in [1.165, 1.54) is 24.3 Å². The molecule has 20 heavy (non-hydrogen) atoms. The van der Waals surface area contributed by atoms with Crippen molar-refractivity contribution < 1.29 is 17.5 Å². The molecular formula is C14H18FNO3S. The zero-order chi connectivity index (χ0) is 14.2. The van der Waals surface area contributed by atoms with E-state index in [1.807, 2.05) is 0 Å². The maximum Gasteiger partial charge on any atom is 0.243 e. The van der Waals surface area contributed by atoms with Gasteiger partial charge in [0.1, 0.15) is 5.82 Å². The highest BCUT2D eigenvalue weighted by Gasteiger charge is 2.40. The molecule has 2 atom stereocenters. The zero-order valence-electron chi connectivity index (χ0n) is 11.2. The lowest BCUT2D eigenvalue weighted by atomic mass is 9.91. The minimum Gasteiger partial charge on any atom is -0.375 e. The quantitative estimate of drug-likeness (QED) is 0.840. The van der Waals surface area contributed by atoms with Gasteiger partial charge in [-0.1, -0.05) is 12.8 Å². The third-order valence-electron chi connectivity index (χ3n) is 4.10. The maximum atomic E-state index is 13.0. The van der Waals surface area contributed by atoms with Crippen LogP contribution in [0.25, 0.3) is 0 Å².